The summed E-state index contributed by atoms with van der Waals surface area (Å²) in [5.74, 6) is -2.07. The summed E-state index contributed by atoms with van der Waals surface area (Å²) in [7, 11) is 0. The van der Waals surface area contributed by atoms with E-state index in [0.717, 1.165) is 5.56 Å². The smallest absolute Gasteiger partial charge is 0.408 e. The molecule has 1 aromatic rings. The molecule has 0 bridgehead atoms. The molecule has 1 saturated heterocycles. The van der Waals surface area contributed by atoms with E-state index < -0.39 is 29.9 Å². The zero-order chi connectivity index (χ0) is 18.9. The van der Waals surface area contributed by atoms with E-state index in [-0.39, 0.29) is 25.9 Å². The van der Waals surface area contributed by atoms with Crippen LogP contribution in [0.1, 0.15) is 24.8 Å². The molecule has 1 fully saturated rings. The van der Waals surface area contributed by atoms with E-state index in [4.69, 9.17) is 9.57 Å². The number of carbonyl (C=O) groups is 4. The van der Waals surface area contributed by atoms with Gasteiger partial charge in [0.05, 0.1) is 0 Å². The summed E-state index contributed by atoms with van der Waals surface area (Å²) in [6.45, 7) is 3.41. The topological polar surface area (TPSA) is 102 Å². The Morgan fingerprint density at radius 1 is 1.19 bits per heavy atom. The fraction of sp³-hybridized carbons (Fsp3) is 0.333. The summed E-state index contributed by atoms with van der Waals surface area (Å²) in [5, 5.41) is 2.85. The van der Waals surface area contributed by atoms with Gasteiger partial charge in [-0.25, -0.2) is 9.59 Å². The van der Waals surface area contributed by atoms with Crippen molar-refractivity contribution in [2.45, 2.75) is 31.7 Å². The zero-order valence-electron chi connectivity index (χ0n) is 14.2. The van der Waals surface area contributed by atoms with Gasteiger partial charge in [0.15, 0.2) is 0 Å². The van der Waals surface area contributed by atoms with Gasteiger partial charge in [0.25, 0.3) is 11.8 Å². The van der Waals surface area contributed by atoms with Gasteiger partial charge < -0.3 is 14.9 Å². The molecule has 1 N–H and O–H groups in total. The second kappa shape index (κ2) is 9.36. The van der Waals surface area contributed by atoms with Gasteiger partial charge in [-0.1, -0.05) is 43.0 Å². The van der Waals surface area contributed by atoms with Crippen molar-refractivity contribution in [2.75, 3.05) is 6.61 Å². The van der Waals surface area contributed by atoms with Crippen molar-refractivity contribution < 1.29 is 28.8 Å². The van der Waals surface area contributed by atoms with E-state index in [1.807, 2.05) is 30.3 Å². The molecule has 0 aromatic heterocycles. The van der Waals surface area contributed by atoms with Gasteiger partial charge in [0.1, 0.15) is 12.6 Å². The van der Waals surface area contributed by atoms with Gasteiger partial charge in [0, 0.05) is 12.8 Å². The van der Waals surface area contributed by atoms with Crippen molar-refractivity contribution in [3.63, 3.8) is 0 Å². The van der Waals surface area contributed by atoms with Crippen molar-refractivity contribution in [1.29, 1.82) is 0 Å². The van der Waals surface area contributed by atoms with Crippen LogP contribution in [0.5, 0.6) is 0 Å². The minimum absolute atomic E-state index is 0.00436. The number of aryl methyl sites for hydroxylation is 1. The van der Waals surface area contributed by atoms with Crippen molar-refractivity contribution >= 4 is 23.9 Å². The highest BCUT2D eigenvalue weighted by Crippen LogP contribution is 2.14. The summed E-state index contributed by atoms with van der Waals surface area (Å²) < 4.78 is 4.81. The highest BCUT2D eigenvalue weighted by molar-refractivity contribution is 6.01. The molecule has 1 aliphatic heterocycles. The summed E-state index contributed by atoms with van der Waals surface area (Å²) in [4.78, 5) is 52.2. The monoisotopic (exact) mass is 360 g/mol. The third-order valence-electron chi connectivity index (χ3n) is 3.66. The summed E-state index contributed by atoms with van der Waals surface area (Å²) in [5.41, 5.74) is 0.958. The van der Waals surface area contributed by atoms with Gasteiger partial charge in [-0.3, -0.25) is 9.59 Å². The molecule has 0 unspecified atom stereocenters. The SMILES string of the molecule is C=CCOC(=O)N[C@@H](CCc1ccccc1)C(=O)ON1C(=O)CCC1=O. The van der Waals surface area contributed by atoms with Gasteiger partial charge in [-0.2, -0.15) is 0 Å². The second-order valence-electron chi connectivity index (χ2n) is 5.60. The molecule has 2 rings (SSSR count). The first-order valence-electron chi connectivity index (χ1n) is 8.17. The molecule has 1 aliphatic rings. The first-order chi connectivity index (χ1) is 12.5. The molecule has 0 radical (unpaired) electrons. The molecule has 0 spiro atoms. The molecule has 1 aromatic carbocycles. The Morgan fingerprint density at radius 3 is 2.46 bits per heavy atom. The second-order valence-corrected chi connectivity index (χ2v) is 5.60. The molecular formula is C18H20N2O6. The summed E-state index contributed by atoms with van der Waals surface area (Å²) in [6, 6.07) is 8.27. The maximum Gasteiger partial charge on any atom is 0.408 e. The highest BCUT2D eigenvalue weighted by Gasteiger charge is 2.35. The van der Waals surface area contributed by atoms with Crippen LogP contribution in [0.15, 0.2) is 43.0 Å². The van der Waals surface area contributed by atoms with Crippen molar-refractivity contribution in [2.24, 2.45) is 0 Å². The summed E-state index contributed by atoms with van der Waals surface area (Å²) in [6.07, 6.45) is 1.25. The van der Waals surface area contributed by atoms with Crippen LogP contribution in [0.4, 0.5) is 4.79 Å². The van der Waals surface area contributed by atoms with Gasteiger partial charge in [0.2, 0.25) is 0 Å². The number of ether oxygens (including phenoxy) is 1. The number of nitrogens with one attached hydrogen (secondary N) is 1. The Kier molecular flexibility index (Phi) is 6.90. The fourth-order valence-corrected chi connectivity index (χ4v) is 2.33. The largest absolute Gasteiger partial charge is 0.445 e. The van der Waals surface area contributed by atoms with Crippen LogP contribution in [0.25, 0.3) is 0 Å². The van der Waals surface area contributed by atoms with Crippen molar-refractivity contribution in [3.05, 3.63) is 48.6 Å². The molecule has 138 valence electrons. The Morgan fingerprint density at radius 2 is 1.85 bits per heavy atom. The van der Waals surface area contributed by atoms with Crippen LogP contribution in [0, 0.1) is 0 Å². The maximum absolute atomic E-state index is 12.4. The number of imide groups is 1. The average Bonchev–Trinajstić information content (AvgIpc) is 2.96. The number of rotatable bonds is 8. The van der Waals surface area contributed by atoms with Crippen LogP contribution in [0.3, 0.4) is 0 Å². The van der Waals surface area contributed by atoms with E-state index in [1.165, 1.54) is 6.08 Å². The molecule has 1 atom stereocenters. The highest BCUT2D eigenvalue weighted by atomic mass is 16.7. The number of carbonyl (C=O) groups excluding carboxylic acids is 4. The van der Waals surface area contributed by atoms with Gasteiger partial charge in [-0.15, -0.1) is 5.06 Å². The van der Waals surface area contributed by atoms with Gasteiger partial charge in [-0.05, 0) is 18.4 Å². The lowest BCUT2D eigenvalue weighted by Gasteiger charge is -2.20. The number of amides is 3. The number of hydroxylamine groups is 2. The lowest BCUT2D eigenvalue weighted by Crippen LogP contribution is -2.45. The number of hydrogen-bond acceptors (Lipinski definition) is 6. The molecule has 0 aliphatic carbocycles. The lowest BCUT2D eigenvalue weighted by atomic mass is 10.1. The molecule has 1 heterocycles. The van der Waals surface area contributed by atoms with Crippen LogP contribution >= 0.6 is 0 Å². The standard InChI is InChI=1S/C18H20N2O6/c1-2-12-25-18(24)19-14(9-8-13-6-4-3-5-7-13)17(23)26-20-15(21)10-11-16(20)22/h2-7,14H,1,8-12H2,(H,19,24)/t14-/m0/s1. The predicted octanol–water partition coefficient (Wildman–Crippen LogP) is 1.51. The van der Waals surface area contributed by atoms with E-state index in [9.17, 15) is 19.2 Å². The van der Waals surface area contributed by atoms with Crippen molar-refractivity contribution in [3.8, 4) is 0 Å². The molecular weight excluding hydrogens is 340 g/mol. The minimum atomic E-state index is -1.08. The zero-order valence-corrected chi connectivity index (χ0v) is 14.2. The Hall–Kier alpha value is -3.16. The predicted molar refractivity (Wildman–Crippen MR) is 90.4 cm³/mol. The Labute approximate surface area is 150 Å². The third kappa shape index (κ3) is 5.44. The lowest BCUT2D eigenvalue weighted by molar-refractivity contribution is -0.199. The van der Waals surface area contributed by atoms with E-state index in [1.54, 1.807) is 0 Å². The van der Waals surface area contributed by atoms with Crippen LogP contribution in [-0.4, -0.2) is 41.6 Å². The molecule has 8 nitrogen and oxygen atoms in total. The first-order valence-corrected chi connectivity index (χ1v) is 8.17. The first kappa shape index (κ1) is 19.2. The van der Waals surface area contributed by atoms with Crippen molar-refractivity contribution in [1.82, 2.24) is 10.4 Å². The molecule has 0 saturated carbocycles. The van der Waals surface area contributed by atoms with Crippen LogP contribution in [0.2, 0.25) is 0 Å². The van der Waals surface area contributed by atoms with E-state index in [0.29, 0.717) is 11.5 Å². The number of benzene rings is 1. The number of nitrogens with zero attached hydrogens (tertiary/aromatic N) is 1. The number of alkyl carbamates (subject to hydrolysis) is 1. The molecule has 3 amide bonds. The van der Waals surface area contributed by atoms with E-state index >= 15 is 0 Å². The normalized spacial score (nSPS) is 14.7. The minimum Gasteiger partial charge on any atom is -0.445 e. The van der Waals surface area contributed by atoms with Crippen LogP contribution < -0.4 is 5.32 Å². The Balaban J connectivity index is 2.01. The van der Waals surface area contributed by atoms with E-state index in [2.05, 4.69) is 11.9 Å². The van der Waals surface area contributed by atoms with Gasteiger partial charge >= 0.3 is 12.1 Å². The van der Waals surface area contributed by atoms with Crippen LogP contribution in [-0.2, 0) is 30.4 Å². The maximum atomic E-state index is 12.4. The fourth-order valence-electron chi connectivity index (χ4n) is 2.33. The average molecular weight is 360 g/mol. The number of hydrogen-bond donors (Lipinski definition) is 1. The molecule has 26 heavy (non-hydrogen) atoms. The summed E-state index contributed by atoms with van der Waals surface area (Å²) >= 11 is 0. The molecule has 8 heteroatoms. The third-order valence-corrected chi connectivity index (χ3v) is 3.66. The Bertz CT molecular complexity index is 672. The quantitative estimate of drug-likeness (QED) is 0.557.